The highest BCUT2D eigenvalue weighted by atomic mass is 32.2. The molecule has 1 atom stereocenters. The lowest BCUT2D eigenvalue weighted by Crippen LogP contribution is -2.40. The Labute approximate surface area is 114 Å². The van der Waals surface area contributed by atoms with Crippen LogP contribution in [0.2, 0.25) is 0 Å². The predicted molar refractivity (Wildman–Crippen MR) is 72.2 cm³/mol. The zero-order chi connectivity index (χ0) is 14.5. The van der Waals surface area contributed by atoms with Crippen LogP contribution in [0.15, 0.2) is 29.2 Å². The van der Waals surface area contributed by atoms with Crippen molar-refractivity contribution in [3.63, 3.8) is 0 Å². The minimum atomic E-state index is -3.70. The van der Waals surface area contributed by atoms with E-state index in [9.17, 15) is 13.2 Å². The van der Waals surface area contributed by atoms with Crippen LogP contribution in [0.25, 0.3) is 0 Å². The summed E-state index contributed by atoms with van der Waals surface area (Å²) in [6.45, 7) is 3.70. The van der Waals surface area contributed by atoms with E-state index in [0.717, 1.165) is 12.0 Å². The number of sulfonamides is 1. The van der Waals surface area contributed by atoms with Crippen LogP contribution in [0.1, 0.15) is 25.8 Å². The fourth-order valence-corrected chi connectivity index (χ4v) is 2.87. The number of ether oxygens (including phenoxy) is 1. The molecule has 1 aromatic rings. The molecule has 0 aliphatic carbocycles. The molecule has 5 nitrogen and oxygen atoms in total. The lowest BCUT2D eigenvalue weighted by atomic mass is 10.2. The summed E-state index contributed by atoms with van der Waals surface area (Å²) in [6, 6.07) is 5.72. The van der Waals surface area contributed by atoms with Gasteiger partial charge in [0.1, 0.15) is 6.04 Å². The third kappa shape index (κ3) is 4.04. The van der Waals surface area contributed by atoms with Crippen molar-refractivity contribution in [1.29, 1.82) is 0 Å². The Hall–Kier alpha value is -1.40. The average Bonchev–Trinajstić information content (AvgIpc) is 2.44. The molecule has 0 aromatic heterocycles. The molecule has 0 heterocycles. The molecule has 0 aliphatic heterocycles. The molecule has 0 bridgehead atoms. The molecule has 0 aliphatic rings. The van der Waals surface area contributed by atoms with Gasteiger partial charge in [0, 0.05) is 0 Å². The maximum absolute atomic E-state index is 12.1. The highest BCUT2D eigenvalue weighted by molar-refractivity contribution is 7.89. The van der Waals surface area contributed by atoms with Gasteiger partial charge < -0.3 is 4.74 Å². The summed E-state index contributed by atoms with van der Waals surface area (Å²) < 4.78 is 31.1. The zero-order valence-electron chi connectivity index (χ0n) is 11.3. The molecule has 19 heavy (non-hydrogen) atoms. The summed E-state index contributed by atoms with van der Waals surface area (Å²) in [6.07, 6.45) is 1.17. The first kappa shape index (κ1) is 15.7. The fraction of sp³-hybridized carbons (Fsp3) is 0.462. The molecular weight excluding hydrogens is 266 g/mol. The minimum Gasteiger partial charge on any atom is -0.468 e. The smallest absolute Gasteiger partial charge is 0.323 e. The van der Waals surface area contributed by atoms with Gasteiger partial charge >= 0.3 is 5.97 Å². The lowest BCUT2D eigenvalue weighted by molar-refractivity contribution is -0.142. The molecule has 1 aromatic carbocycles. The monoisotopic (exact) mass is 285 g/mol. The Morgan fingerprint density at radius 1 is 1.26 bits per heavy atom. The third-order valence-electron chi connectivity index (χ3n) is 2.83. The first-order valence-electron chi connectivity index (χ1n) is 6.13. The molecule has 1 unspecified atom stereocenters. The molecule has 106 valence electrons. The van der Waals surface area contributed by atoms with Crippen molar-refractivity contribution in [3.05, 3.63) is 29.8 Å². The maximum Gasteiger partial charge on any atom is 0.323 e. The van der Waals surface area contributed by atoms with Crippen molar-refractivity contribution >= 4 is 16.0 Å². The van der Waals surface area contributed by atoms with Gasteiger partial charge in [0.25, 0.3) is 0 Å². The van der Waals surface area contributed by atoms with Crippen LogP contribution in [0.3, 0.4) is 0 Å². The second-order valence-electron chi connectivity index (χ2n) is 4.10. The van der Waals surface area contributed by atoms with Crippen molar-refractivity contribution in [2.24, 2.45) is 0 Å². The average molecular weight is 285 g/mol. The molecule has 0 radical (unpaired) electrons. The van der Waals surface area contributed by atoms with Crippen LogP contribution in [0, 0.1) is 0 Å². The summed E-state index contributed by atoms with van der Waals surface area (Å²) in [5.41, 5.74) is 1.05. The summed E-state index contributed by atoms with van der Waals surface area (Å²) in [5, 5.41) is 0. The van der Waals surface area contributed by atoms with E-state index in [2.05, 4.69) is 9.46 Å². The number of nitrogens with one attached hydrogen (secondary N) is 1. The molecule has 0 amide bonds. The Morgan fingerprint density at radius 3 is 2.26 bits per heavy atom. The summed E-state index contributed by atoms with van der Waals surface area (Å²) in [7, 11) is -2.47. The van der Waals surface area contributed by atoms with Gasteiger partial charge in [-0.25, -0.2) is 8.42 Å². The number of hydrogen-bond acceptors (Lipinski definition) is 4. The highest BCUT2D eigenvalue weighted by Gasteiger charge is 2.24. The quantitative estimate of drug-likeness (QED) is 0.804. The molecule has 0 saturated carbocycles. The van der Waals surface area contributed by atoms with Gasteiger partial charge in [-0.15, -0.1) is 0 Å². The predicted octanol–water partition coefficient (Wildman–Crippen LogP) is 1.48. The largest absolute Gasteiger partial charge is 0.468 e. The Morgan fingerprint density at radius 2 is 1.84 bits per heavy atom. The molecular formula is C13H19NO4S. The van der Waals surface area contributed by atoms with Crippen molar-refractivity contribution in [3.8, 4) is 0 Å². The van der Waals surface area contributed by atoms with Crippen molar-refractivity contribution < 1.29 is 17.9 Å². The van der Waals surface area contributed by atoms with E-state index in [1.54, 1.807) is 19.1 Å². The maximum atomic E-state index is 12.1. The van der Waals surface area contributed by atoms with Gasteiger partial charge in [0.05, 0.1) is 12.0 Å². The van der Waals surface area contributed by atoms with Crippen LogP contribution in [0.5, 0.6) is 0 Å². The number of benzene rings is 1. The molecule has 0 spiro atoms. The molecule has 6 heteroatoms. The van der Waals surface area contributed by atoms with Gasteiger partial charge in [0.15, 0.2) is 0 Å². The van der Waals surface area contributed by atoms with E-state index in [4.69, 9.17) is 0 Å². The first-order valence-corrected chi connectivity index (χ1v) is 7.62. The fourth-order valence-electron chi connectivity index (χ4n) is 1.60. The van der Waals surface area contributed by atoms with Gasteiger partial charge in [-0.3, -0.25) is 4.79 Å². The second-order valence-corrected chi connectivity index (χ2v) is 5.82. The van der Waals surface area contributed by atoms with E-state index in [1.165, 1.54) is 19.2 Å². The number of rotatable bonds is 6. The van der Waals surface area contributed by atoms with Crippen LogP contribution in [-0.2, 0) is 26.0 Å². The van der Waals surface area contributed by atoms with E-state index >= 15 is 0 Å². The molecule has 1 N–H and O–H groups in total. The van der Waals surface area contributed by atoms with Crippen molar-refractivity contribution in [2.75, 3.05) is 7.11 Å². The zero-order valence-corrected chi connectivity index (χ0v) is 12.2. The number of carbonyl (C=O) groups is 1. The Bertz CT molecular complexity index is 522. The topological polar surface area (TPSA) is 72.5 Å². The Balaban J connectivity index is 2.93. The number of hydrogen-bond donors (Lipinski definition) is 1. The summed E-state index contributed by atoms with van der Waals surface area (Å²) in [5.74, 6) is -0.587. The molecule has 0 fully saturated rings. The standard InChI is InChI=1S/C13H19NO4S/c1-4-10-6-8-11(9-7-10)19(16,17)14-12(5-2)13(15)18-3/h6-9,12,14H,4-5H2,1-3H3. The van der Waals surface area contributed by atoms with Crippen molar-refractivity contribution in [1.82, 2.24) is 4.72 Å². The second kappa shape index (κ2) is 6.68. The summed E-state index contributed by atoms with van der Waals surface area (Å²) in [4.78, 5) is 11.5. The third-order valence-corrected chi connectivity index (χ3v) is 4.32. The SMILES string of the molecule is CCc1ccc(S(=O)(=O)NC(CC)C(=O)OC)cc1. The van der Waals surface area contributed by atoms with E-state index < -0.39 is 22.0 Å². The van der Waals surface area contributed by atoms with Crippen LogP contribution in [0.4, 0.5) is 0 Å². The summed E-state index contributed by atoms with van der Waals surface area (Å²) >= 11 is 0. The van der Waals surface area contributed by atoms with Crippen LogP contribution >= 0.6 is 0 Å². The van der Waals surface area contributed by atoms with Gasteiger partial charge in [-0.1, -0.05) is 26.0 Å². The van der Waals surface area contributed by atoms with E-state index in [0.29, 0.717) is 6.42 Å². The minimum absolute atomic E-state index is 0.145. The number of methoxy groups -OCH3 is 1. The normalized spacial score (nSPS) is 13.0. The van der Waals surface area contributed by atoms with Gasteiger partial charge in [0.2, 0.25) is 10.0 Å². The highest BCUT2D eigenvalue weighted by Crippen LogP contribution is 2.12. The van der Waals surface area contributed by atoms with Crippen LogP contribution in [-0.4, -0.2) is 27.5 Å². The van der Waals surface area contributed by atoms with E-state index in [-0.39, 0.29) is 4.90 Å². The van der Waals surface area contributed by atoms with Crippen LogP contribution < -0.4 is 4.72 Å². The molecule has 0 saturated heterocycles. The lowest BCUT2D eigenvalue weighted by Gasteiger charge is -2.14. The van der Waals surface area contributed by atoms with E-state index in [1.807, 2.05) is 6.92 Å². The number of aryl methyl sites for hydroxylation is 1. The Kier molecular flexibility index (Phi) is 5.50. The molecule has 1 rings (SSSR count). The van der Waals surface area contributed by atoms with Crippen molar-refractivity contribution in [2.45, 2.75) is 37.6 Å². The first-order chi connectivity index (χ1) is 8.94. The van der Waals surface area contributed by atoms with Gasteiger partial charge in [-0.2, -0.15) is 4.72 Å². The number of carbonyl (C=O) groups excluding carboxylic acids is 1. The number of esters is 1. The van der Waals surface area contributed by atoms with Gasteiger partial charge in [-0.05, 0) is 30.5 Å².